The van der Waals surface area contributed by atoms with Crippen LogP contribution < -0.4 is 0 Å². The number of nitrogens with zero attached hydrogens (tertiary/aromatic N) is 2. The van der Waals surface area contributed by atoms with Crippen molar-refractivity contribution in [3.8, 4) is 5.69 Å². The van der Waals surface area contributed by atoms with Crippen LogP contribution >= 0.6 is 0 Å². The maximum absolute atomic E-state index is 12.9. The predicted octanol–water partition coefficient (Wildman–Crippen LogP) is 2.63. The van der Waals surface area contributed by atoms with Crippen LogP contribution in [0.2, 0.25) is 0 Å². The third kappa shape index (κ3) is 2.22. The first-order chi connectivity index (χ1) is 8.13. The van der Waals surface area contributed by atoms with Crippen LogP contribution in [0.4, 0.5) is 4.39 Å². The summed E-state index contributed by atoms with van der Waals surface area (Å²) >= 11 is 0. The zero-order chi connectivity index (χ0) is 12.4. The quantitative estimate of drug-likeness (QED) is 0.886. The third-order valence-corrected chi connectivity index (χ3v) is 2.67. The Morgan fingerprint density at radius 1 is 1.29 bits per heavy atom. The van der Waals surface area contributed by atoms with Gasteiger partial charge in [0.2, 0.25) is 0 Å². The van der Waals surface area contributed by atoms with Gasteiger partial charge in [-0.05, 0) is 30.2 Å². The van der Waals surface area contributed by atoms with Crippen LogP contribution in [0.1, 0.15) is 31.0 Å². The molecule has 0 radical (unpaired) electrons. The van der Waals surface area contributed by atoms with Crippen molar-refractivity contribution in [2.24, 2.45) is 0 Å². The number of hydrogen-bond donors (Lipinski definition) is 1. The summed E-state index contributed by atoms with van der Waals surface area (Å²) in [7, 11) is 0. The molecule has 1 aromatic carbocycles. The number of aromatic nitrogens is 2. The number of rotatable bonds is 3. The number of aliphatic hydroxyl groups is 1. The first kappa shape index (κ1) is 11.8. The molecule has 0 amide bonds. The van der Waals surface area contributed by atoms with Gasteiger partial charge >= 0.3 is 0 Å². The van der Waals surface area contributed by atoms with Gasteiger partial charge in [-0.3, -0.25) is 0 Å². The summed E-state index contributed by atoms with van der Waals surface area (Å²) in [4.78, 5) is 0. The van der Waals surface area contributed by atoms with Crippen molar-refractivity contribution in [3.63, 3.8) is 0 Å². The molecule has 90 valence electrons. The van der Waals surface area contributed by atoms with E-state index in [2.05, 4.69) is 5.10 Å². The highest BCUT2D eigenvalue weighted by Gasteiger charge is 2.14. The third-order valence-electron chi connectivity index (χ3n) is 2.67. The van der Waals surface area contributed by atoms with Crippen LogP contribution in [0.5, 0.6) is 0 Å². The number of halogens is 1. The van der Waals surface area contributed by atoms with E-state index < -0.39 is 0 Å². The fourth-order valence-corrected chi connectivity index (χ4v) is 1.92. The minimum absolute atomic E-state index is 0.0330. The molecule has 4 heteroatoms. The summed E-state index contributed by atoms with van der Waals surface area (Å²) < 4.78 is 14.6. The van der Waals surface area contributed by atoms with Crippen molar-refractivity contribution >= 4 is 0 Å². The Bertz CT molecular complexity index is 503. The molecule has 17 heavy (non-hydrogen) atoms. The van der Waals surface area contributed by atoms with Gasteiger partial charge in [-0.2, -0.15) is 5.10 Å². The van der Waals surface area contributed by atoms with E-state index in [9.17, 15) is 9.50 Å². The van der Waals surface area contributed by atoms with Gasteiger partial charge in [-0.1, -0.05) is 13.8 Å². The second-order valence-corrected chi connectivity index (χ2v) is 4.26. The molecule has 2 aromatic rings. The van der Waals surface area contributed by atoms with E-state index in [0.29, 0.717) is 0 Å². The number of hydrogen-bond acceptors (Lipinski definition) is 2. The van der Waals surface area contributed by atoms with Crippen LogP contribution in [0, 0.1) is 5.82 Å². The lowest BCUT2D eigenvalue weighted by molar-refractivity contribution is 0.280. The zero-order valence-corrected chi connectivity index (χ0v) is 9.89. The Kier molecular flexibility index (Phi) is 3.24. The average Bonchev–Trinajstić information content (AvgIpc) is 2.73. The number of aliphatic hydroxyl groups excluding tert-OH is 1. The fourth-order valence-electron chi connectivity index (χ4n) is 1.92. The minimum Gasteiger partial charge on any atom is -0.392 e. The van der Waals surface area contributed by atoms with Crippen molar-refractivity contribution in [1.82, 2.24) is 9.78 Å². The van der Waals surface area contributed by atoms with E-state index in [4.69, 9.17) is 0 Å². The van der Waals surface area contributed by atoms with Crippen LogP contribution in [0.15, 0.2) is 30.5 Å². The van der Waals surface area contributed by atoms with Gasteiger partial charge in [0.15, 0.2) is 0 Å². The van der Waals surface area contributed by atoms with Crippen LogP contribution in [-0.2, 0) is 6.61 Å². The molecule has 2 rings (SSSR count). The van der Waals surface area contributed by atoms with Gasteiger partial charge in [0.05, 0.1) is 24.2 Å². The van der Waals surface area contributed by atoms with Crippen molar-refractivity contribution in [2.45, 2.75) is 26.4 Å². The Morgan fingerprint density at radius 2 is 1.94 bits per heavy atom. The van der Waals surface area contributed by atoms with Gasteiger partial charge in [0.1, 0.15) is 5.82 Å². The Hall–Kier alpha value is -1.68. The molecular formula is C13H15FN2O. The van der Waals surface area contributed by atoms with Gasteiger partial charge in [0.25, 0.3) is 0 Å². The standard InChI is InChI=1S/C13H15FN2O/c1-9(2)13-10(8-17)7-15-16(13)12-5-3-11(14)4-6-12/h3-7,9,17H,8H2,1-2H3. The van der Waals surface area contributed by atoms with Crippen LogP contribution in [0.3, 0.4) is 0 Å². The lowest BCUT2D eigenvalue weighted by atomic mass is 10.1. The maximum atomic E-state index is 12.9. The lowest BCUT2D eigenvalue weighted by Crippen LogP contribution is -2.05. The van der Waals surface area contributed by atoms with Gasteiger partial charge in [-0.25, -0.2) is 9.07 Å². The normalized spacial score (nSPS) is 11.1. The molecule has 0 unspecified atom stereocenters. The molecule has 0 fully saturated rings. The van der Waals surface area contributed by atoms with Gasteiger partial charge in [0, 0.05) is 5.56 Å². The molecule has 0 spiro atoms. The summed E-state index contributed by atoms with van der Waals surface area (Å²) in [5.74, 6) is -0.0286. The molecule has 0 bridgehead atoms. The Morgan fingerprint density at radius 3 is 2.47 bits per heavy atom. The topological polar surface area (TPSA) is 38.1 Å². The van der Waals surface area contributed by atoms with Crippen LogP contribution in [0.25, 0.3) is 5.69 Å². The summed E-state index contributed by atoms with van der Waals surface area (Å²) in [6.45, 7) is 4.04. The summed E-state index contributed by atoms with van der Waals surface area (Å²) in [6.07, 6.45) is 1.65. The van der Waals surface area contributed by atoms with Crippen LogP contribution in [-0.4, -0.2) is 14.9 Å². The van der Waals surface area contributed by atoms with Crippen molar-refractivity contribution in [2.75, 3.05) is 0 Å². The minimum atomic E-state index is -0.269. The average molecular weight is 234 g/mol. The highest BCUT2D eigenvalue weighted by molar-refractivity contribution is 5.36. The van der Waals surface area contributed by atoms with Gasteiger partial charge < -0.3 is 5.11 Å². The van der Waals surface area contributed by atoms with E-state index in [1.807, 2.05) is 13.8 Å². The molecule has 3 nitrogen and oxygen atoms in total. The molecule has 0 saturated heterocycles. The second-order valence-electron chi connectivity index (χ2n) is 4.26. The molecular weight excluding hydrogens is 219 g/mol. The smallest absolute Gasteiger partial charge is 0.123 e. The lowest BCUT2D eigenvalue weighted by Gasteiger charge is -2.12. The molecule has 1 aromatic heterocycles. The first-order valence-corrected chi connectivity index (χ1v) is 5.57. The summed E-state index contributed by atoms with van der Waals surface area (Å²) in [5.41, 5.74) is 2.57. The summed E-state index contributed by atoms with van der Waals surface area (Å²) in [5, 5.41) is 13.5. The molecule has 1 N–H and O–H groups in total. The van der Waals surface area contributed by atoms with Crippen molar-refractivity contribution in [1.29, 1.82) is 0 Å². The predicted molar refractivity (Wildman–Crippen MR) is 63.5 cm³/mol. The molecule has 1 heterocycles. The van der Waals surface area contributed by atoms with Gasteiger partial charge in [-0.15, -0.1) is 0 Å². The second kappa shape index (κ2) is 4.67. The molecule has 0 aliphatic rings. The molecule has 0 saturated carbocycles. The first-order valence-electron chi connectivity index (χ1n) is 5.57. The zero-order valence-electron chi connectivity index (χ0n) is 9.89. The SMILES string of the molecule is CC(C)c1c(CO)cnn1-c1ccc(F)cc1. The monoisotopic (exact) mass is 234 g/mol. The van der Waals surface area contributed by atoms with Crippen molar-refractivity contribution in [3.05, 3.63) is 47.5 Å². The Balaban J connectivity index is 2.51. The molecule has 0 aliphatic heterocycles. The largest absolute Gasteiger partial charge is 0.392 e. The van der Waals surface area contributed by atoms with E-state index in [0.717, 1.165) is 16.9 Å². The number of benzene rings is 1. The van der Waals surface area contributed by atoms with E-state index in [1.165, 1.54) is 12.1 Å². The fraction of sp³-hybridized carbons (Fsp3) is 0.308. The van der Waals surface area contributed by atoms with E-state index >= 15 is 0 Å². The molecule has 0 aliphatic carbocycles. The highest BCUT2D eigenvalue weighted by atomic mass is 19.1. The molecule has 0 atom stereocenters. The van der Waals surface area contributed by atoms with Crippen molar-refractivity contribution < 1.29 is 9.50 Å². The van der Waals surface area contributed by atoms with E-state index in [1.54, 1.807) is 23.0 Å². The Labute approximate surface area is 99.5 Å². The highest BCUT2D eigenvalue weighted by Crippen LogP contribution is 2.23. The summed E-state index contributed by atoms with van der Waals surface area (Å²) in [6, 6.07) is 6.16. The van der Waals surface area contributed by atoms with E-state index in [-0.39, 0.29) is 18.3 Å². The maximum Gasteiger partial charge on any atom is 0.123 e.